The Morgan fingerprint density at radius 2 is 1.30 bits per heavy atom. The zero-order chi connectivity index (χ0) is 16.0. The smallest absolute Gasteiger partial charge is 0.141 e. The minimum Gasteiger partial charge on any atom is -0.374 e. The summed E-state index contributed by atoms with van der Waals surface area (Å²) in [7, 11) is 0. The summed E-state index contributed by atoms with van der Waals surface area (Å²) in [5, 5.41) is 0. The van der Waals surface area contributed by atoms with Crippen molar-refractivity contribution in [3.8, 4) is 0 Å². The van der Waals surface area contributed by atoms with Crippen LogP contribution in [0.2, 0.25) is 0 Å². The zero-order valence-electron chi connectivity index (χ0n) is 13.6. The molecule has 3 rings (SSSR count). The van der Waals surface area contributed by atoms with Crippen molar-refractivity contribution < 1.29 is 14.2 Å². The van der Waals surface area contributed by atoms with Crippen molar-refractivity contribution in [2.24, 2.45) is 0 Å². The van der Waals surface area contributed by atoms with E-state index >= 15 is 0 Å². The minimum absolute atomic E-state index is 0.244. The molecule has 3 heteroatoms. The molecule has 23 heavy (non-hydrogen) atoms. The lowest BCUT2D eigenvalue weighted by molar-refractivity contribution is 0.00810. The van der Waals surface area contributed by atoms with Crippen LogP contribution in [0.15, 0.2) is 60.7 Å². The molecule has 1 heterocycles. The molecule has 0 N–H and O–H groups in total. The summed E-state index contributed by atoms with van der Waals surface area (Å²) in [4.78, 5) is 0. The first-order valence-corrected chi connectivity index (χ1v) is 8.23. The molecule has 122 valence electrons. The molecule has 0 spiro atoms. The molecule has 0 amide bonds. The van der Waals surface area contributed by atoms with Gasteiger partial charge in [-0.3, -0.25) is 0 Å². The Hall–Kier alpha value is -1.68. The van der Waals surface area contributed by atoms with E-state index in [9.17, 15) is 0 Å². The normalized spacial score (nSPS) is 18.7. The van der Waals surface area contributed by atoms with Crippen molar-refractivity contribution in [2.45, 2.75) is 38.3 Å². The molecule has 0 radical (unpaired) electrons. The SMILES string of the molecule is CCC1OC1(COCc1ccccc1)COCc1ccccc1. The van der Waals surface area contributed by atoms with E-state index < -0.39 is 0 Å². The predicted octanol–water partition coefficient (Wildman–Crippen LogP) is 3.97. The number of benzene rings is 2. The third kappa shape index (κ3) is 4.41. The topological polar surface area (TPSA) is 31.0 Å². The van der Waals surface area contributed by atoms with E-state index in [1.807, 2.05) is 36.4 Å². The maximum absolute atomic E-state index is 5.88. The Kier molecular flexibility index (Phi) is 5.44. The van der Waals surface area contributed by atoms with E-state index in [0.29, 0.717) is 26.4 Å². The average Bonchev–Trinajstić information content (AvgIpc) is 3.30. The number of rotatable bonds is 9. The van der Waals surface area contributed by atoms with Crippen LogP contribution in [0.4, 0.5) is 0 Å². The third-order valence-electron chi connectivity index (χ3n) is 4.19. The molecule has 0 bridgehead atoms. The van der Waals surface area contributed by atoms with Gasteiger partial charge in [0, 0.05) is 0 Å². The summed E-state index contributed by atoms with van der Waals surface area (Å²) in [6, 6.07) is 20.4. The Morgan fingerprint density at radius 3 is 1.70 bits per heavy atom. The summed E-state index contributed by atoms with van der Waals surface area (Å²) in [6.45, 7) is 4.52. The summed E-state index contributed by atoms with van der Waals surface area (Å²) in [5.74, 6) is 0. The summed E-state index contributed by atoms with van der Waals surface area (Å²) in [6.07, 6.45) is 1.23. The maximum atomic E-state index is 5.88. The van der Waals surface area contributed by atoms with Gasteiger partial charge >= 0.3 is 0 Å². The third-order valence-corrected chi connectivity index (χ3v) is 4.19. The Bertz CT molecular complexity index is 537. The van der Waals surface area contributed by atoms with Crippen molar-refractivity contribution in [3.63, 3.8) is 0 Å². The van der Waals surface area contributed by atoms with E-state index in [0.717, 1.165) is 6.42 Å². The van der Waals surface area contributed by atoms with Gasteiger partial charge in [-0.15, -0.1) is 0 Å². The molecule has 1 aliphatic rings. The Balaban J connectivity index is 1.45. The van der Waals surface area contributed by atoms with Gasteiger partial charge in [-0.25, -0.2) is 0 Å². The van der Waals surface area contributed by atoms with Crippen LogP contribution in [-0.4, -0.2) is 24.9 Å². The molecule has 0 saturated carbocycles. The van der Waals surface area contributed by atoms with Crippen LogP contribution in [0.5, 0.6) is 0 Å². The van der Waals surface area contributed by atoms with Crippen molar-refractivity contribution in [1.82, 2.24) is 0 Å². The molecule has 0 aliphatic carbocycles. The van der Waals surface area contributed by atoms with Gasteiger partial charge in [0.15, 0.2) is 0 Å². The highest BCUT2D eigenvalue weighted by molar-refractivity contribution is 5.14. The van der Waals surface area contributed by atoms with Crippen molar-refractivity contribution >= 4 is 0 Å². The quantitative estimate of drug-likeness (QED) is 0.657. The largest absolute Gasteiger partial charge is 0.374 e. The second-order valence-electron chi connectivity index (χ2n) is 6.04. The number of hydrogen-bond donors (Lipinski definition) is 0. The summed E-state index contributed by atoms with van der Waals surface area (Å²) in [5.41, 5.74) is 2.10. The number of hydrogen-bond acceptors (Lipinski definition) is 3. The van der Waals surface area contributed by atoms with Gasteiger partial charge in [0.2, 0.25) is 0 Å². The van der Waals surface area contributed by atoms with Crippen LogP contribution in [0.3, 0.4) is 0 Å². The molecule has 1 unspecified atom stereocenters. The molecule has 3 nitrogen and oxygen atoms in total. The average molecular weight is 312 g/mol. The highest BCUT2D eigenvalue weighted by Gasteiger charge is 2.55. The molecular formula is C20H24O3. The number of ether oxygens (including phenoxy) is 3. The van der Waals surface area contributed by atoms with Crippen LogP contribution in [0, 0.1) is 0 Å². The van der Waals surface area contributed by atoms with Gasteiger partial charge in [-0.1, -0.05) is 67.6 Å². The Labute approximate surface area is 138 Å². The van der Waals surface area contributed by atoms with Gasteiger partial charge in [0.05, 0.1) is 32.5 Å². The maximum Gasteiger partial charge on any atom is 0.141 e. The van der Waals surface area contributed by atoms with Crippen molar-refractivity contribution in [2.75, 3.05) is 13.2 Å². The molecule has 1 fully saturated rings. The van der Waals surface area contributed by atoms with E-state index in [4.69, 9.17) is 14.2 Å². The van der Waals surface area contributed by atoms with Crippen LogP contribution in [0.1, 0.15) is 24.5 Å². The van der Waals surface area contributed by atoms with Crippen LogP contribution >= 0.6 is 0 Å². The highest BCUT2D eigenvalue weighted by Crippen LogP contribution is 2.39. The summed E-state index contributed by atoms with van der Waals surface area (Å²) >= 11 is 0. The van der Waals surface area contributed by atoms with Gasteiger partial charge < -0.3 is 14.2 Å². The molecular weight excluding hydrogens is 288 g/mol. The Morgan fingerprint density at radius 1 is 0.826 bits per heavy atom. The lowest BCUT2D eigenvalue weighted by Gasteiger charge is -2.14. The zero-order valence-corrected chi connectivity index (χ0v) is 13.6. The van der Waals surface area contributed by atoms with E-state index in [-0.39, 0.29) is 11.7 Å². The second kappa shape index (κ2) is 7.73. The second-order valence-corrected chi connectivity index (χ2v) is 6.04. The lowest BCUT2D eigenvalue weighted by Crippen LogP contribution is -2.29. The predicted molar refractivity (Wildman–Crippen MR) is 90.1 cm³/mol. The highest BCUT2D eigenvalue weighted by atomic mass is 16.7. The minimum atomic E-state index is -0.266. The molecule has 2 aromatic rings. The van der Waals surface area contributed by atoms with Crippen LogP contribution in [0.25, 0.3) is 0 Å². The fourth-order valence-corrected chi connectivity index (χ4v) is 2.83. The van der Waals surface area contributed by atoms with Crippen LogP contribution < -0.4 is 0 Å². The molecule has 0 aromatic heterocycles. The standard InChI is InChI=1S/C20H24O3/c1-2-19-20(23-19,15-21-13-17-9-5-3-6-10-17)16-22-14-18-11-7-4-8-12-18/h3-12,19H,2,13-16H2,1H3. The fourth-order valence-electron chi connectivity index (χ4n) is 2.83. The first-order chi connectivity index (χ1) is 11.3. The summed E-state index contributed by atoms with van der Waals surface area (Å²) < 4.78 is 17.6. The van der Waals surface area contributed by atoms with E-state index in [2.05, 4.69) is 31.2 Å². The van der Waals surface area contributed by atoms with Crippen molar-refractivity contribution in [3.05, 3.63) is 71.8 Å². The molecule has 1 saturated heterocycles. The van der Waals surface area contributed by atoms with Crippen LogP contribution in [-0.2, 0) is 27.4 Å². The molecule has 1 aliphatic heterocycles. The molecule has 1 atom stereocenters. The van der Waals surface area contributed by atoms with E-state index in [1.165, 1.54) is 11.1 Å². The van der Waals surface area contributed by atoms with Gasteiger partial charge in [-0.2, -0.15) is 0 Å². The van der Waals surface area contributed by atoms with E-state index in [1.54, 1.807) is 0 Å². The van der Waals surface area contributed by atoms with Gasteiger partial charge in [0.1, 0.15) is 5.60 Å². The first kappa shape index (κ1) is 16.2. The monoisotopic (exact) mass is 312 g/mol. The molecule has 2 aromatic carbocycles. The fraction of sp³-hybridized carbons (Fsp3) is 0.400. The first-order valence-electron chi connectivity index (χ1n) is 8.23. The van der Waals surface area contributed by atoms with Gasteiger partial charge in [0.25, 0.3) is 0 Å². The van der Waals surface area contributed by atoms with Crippen molar-refractivity contribution in [1.29, 1.82) is 0 Å². The van der Waals surface area contributed by atoms with Gasteiger partial charge in [-0.05, 0) is 17.5 Å². The number of epoxide rings is 1. The lowest BCUT2D eigenvalue weighted by atomic mass is 10.1.